The van der Waals surface area contributed by atoms with Crippen molar-refractivity contribution in [1.82, 2.24) is 0 Å². The molecule has 1 fully saturated rings. The molecule has 0 saturated carbocycles. The van der Waals surface area contributed by atoms with Gasteiger partial charge in [-0.25, -0.2) is 0 Å². The van der Waals surface area contributed by atoms with E-state index in [1.807, 2.05) is 6.92 Å². The molecule has 1 rings (SSSR count). The summed E-state index contributed by atoms with van der Waals surface area (Å²) in [5.41, 5.74) is 7.16. The Morgan fingerprint density at radius 3 is 2.93 bits per heavy atom. The molecule has 0 aliphatic carbocycles. The van der Waals surface area contributed by atoms with Crippen molar-refractivity contribution in [1.29, 1.82) is 0 Å². The van der Waals surface area contributed by atoms with Gasteiger partial charge in [0.2, 0.25) is 0 Å². The van der Waals surface area contributed by atoms with Crippen molar-refractivity contribution in [3.8, 4) is 0 Å². The smallest absolute Gasteiger partial charge is 0.0575 e. The fourth-order valence-electron chi connectivity index (χ4n) is 1.98. The SMILES string of the molecule is C=C(C)CC(N)CCC1CCCCO1. The van der Waals surface area contributed by atoms with E-state index in [9.17, 15) is 0 Å². The molecule has 0 aromatic rings. The van der Waals surface area contributed by atoms with Gasteiger partial charge in [0.15, 0.2) is 0 Å². The van der Waals surface area contributed by atoms with Crippen molar-refractivity contribution >= 4 is 0 Å². The summed E-state index contributed by atoms with van der Waals surface area (Å²) in [6.07, 6.45) is 7.38. The quantitative estimate of drug-likeness (QED) is 0.688. The van der Waals surface area contributed by atoms with Crippen LogP contribution in [0, 0.1) is 0 Å². The van der Waals surface area contributed by atoms with Crippen LogP contribution in [0.15, 0.2) is 12.2 Å². The van der Waals surface area contributed by atoms with E-state index in [1.165, 1.54) is 24.8 Å². The van der Waals surface area contributed by atoms with Crippen LogP contribution in [0.5, 0.6) is 0 Å². The van der Waals surface area contributed by atoms with Gasteiger partial charge in [-0.2, -0.15) is 0 Å². The lowest BCUT2D eigenvalue weighted by Crippen LogP contribution is -2.25. The monoisotopic (exact) mass is 197 g/mol. The zero-order valence-electron chi connectivity index (χ0n) is 9.30. The first-order chi connectivity index (χ1) is 6.68. The lowest BCUT2D eigenvalue weighted by atomic mass is 9.99. The Morgan fingerprint density at radius 2 is 2.36 bits per heavy atom. The van der Waals surface area contributed by atoms with Gasteiger partial charge in [0, 0.05) is 12.6 Å². The normalized spacial score (nSPS) is 24.6. The van der Waals surface area contributed by atoms with Gasteiger partial charge in [0.05, 0.1) is 6.10 Å². The fourth-order valence-corrected chi connectivity index (χ4v) is 1.98. The first-order valence-electron chi connectivity index (χ1n) is 5.70. The Hall–Kier alpha value is -0.340. The minimum absolute atomic E-state index is 0.276. The predicted octanol–water partition coefficient (Wildman–Crippen LogP) is 2.63. The van der Waals surface area contributed by atoms with E-state index in [0.29, 0.717) is 6.10 Å². The average Bonchev–Trinajstić information content (AvgIpc) is 2.15. The minimum Gasteiger partial charge on any atom is -0.378 e. The Balaban J connectivity index is 2.09. The van der Waals surface area contributed by atoms with Crippen LogP contribution in [0.2, 0.25) is 0 Å². The topological polar surface area (TPSA) is 35.2 Å². The second-order valence-corrected chi connectivity index (χ2v) is 4.49. The summed E-state index contributed by atoms with van der Waals surface area (Å²) in [6, 6.07) is 0.276. The summed E-state index contributed by atoms with van der Waals surface area (Å²) < 4.78 is 5.66. The van der Waals surface area contributed by atoms with Gasteiger partial charge in [-0.3, -0.25) is 0 Å². The number of rotatable bonds is 5. The molecule has 2 atom stereocenters. The van der Waals surface area contributed by atoms with Crippen molar-refractivity contribution in [3.05, 3.63) is 12.2 Å². The second kappa shape index (κ2) is 6.20. The van der Waals surface area contributed by atoms with Gasteiger partial charge in [-0.15, -0.1) is 6.58 Å². The molecule has 14 heavy (non-hydrogen) atoms. The van der Waals surface area contributed by atoms with E-state index in [1.54, 1.807) is 0 Å². The standard InChI is InChI=1S/C12H23NO/c1-10(2)9-11(13)6-7-12-5-3-4-8-14-12/h11-12H,1,3-9,13H2,2H3. The summed E-state index contributed by atoms with van der Waals surface area (Å²) in [6.45, 7) is 6.86. The van der Waals surface area contributed by atoms with Crippen LogP contribution in [0.4, 0.5) is 0 Å². The Bertz CT molecular complexity index is 173. The van der Waals surface area contributed by atoms with E-state index in [2.05, 4.69) is 6.58 Å². The van der Waals surface area contributed by atoms with E-state index >= 15 is 0 Å². The van der Waals surface area contributed by atoms with Crippen molar-refractivity contribution in [2.75, 3.05) is 6.61 Å². The van der Waals surface area contributed by atoms with E-state index in [-0.39, 0.29) is 6.04 Å². The molecular formula is C12H23NO. The van der Waals surface area contributed by atoms with Gasteiger partial charge in [0.25, 0.3) is 0 Å². The summed E-state index contributed by atoms with van der Waals surface area (Å²) >= 11 is 0. The zero-order chi connectivity index (χ0) is 10.4. The lowest BCUT2D eigenvalue weighted by molar-refractivity contribution is 0.00916. The molecule has 0 aromatic carbocycles. The Kier molecular flexibility index (Phi) is 5.20. The van der Waals surface area contributed by atoms with Crippen molar-refractivity contribution in [2.45, 2.75) is 57.6 Å². The summed E-state index contributed by atoms with van der Waals surface area (Å²) in [4.78, 5) is 0. The van der Waals surface area contributed by atoms with Gasteiger partial charge in [0.1, 0.15) is 0 Å². The molecule has 2 nitrogen and oxygen atoms in total. The van der Waals surface area contributed by atoms with Crippen LogP contribution in [0.25, 0.3) is 0 Å². The number of hydrogen-bond acceptors (Lipinski definition) is 2. The maximum atomic E-state index is 5.98. The largest absolute Gasteiger partial charge is 0.378 e. The first-order valence-corrected chi connectivity index (χ1v) is 5.70. The van der Waals surface area contributed by atoms with E-state index in [0.717, 1.165) is 25.9 Å². The molecule has 2 N–H and O–H groups in total. The van der Waals surface area contributed by atoms with Crippen molar-refractivity contribution in [3.63, 3.8) is 0 Å². The third kappa shape index (κ3) is 4.77. The molecule has 0 bridgehead atoms. The van der Waals surface area contributed by atoms with Crippen LogP contribution in [-0.4, -0.2) is 18.8 Å². The van der Waals surface area contributed by atoms with E-state index < -0.39 is 0 Å². The molecule has 0 spiro atoms. The lowest BCUT2D eigenvalue weighted by Gasteiger charge is -2.23. The molecule has 1 aliphatic rings. The first kappa shape index (κ1) is 11.7. The van der Waals surface area contributed by atoms with Gasteiger partial charge in [-0.1, -0.05) is 5.57 Å². The molecule has 1 aliphatic heterocycles. The second-order valence-electron chi connectivity index (χ2n) is 4.49. The zero-order valence-corrected chi connectivity index (χ0v) is 9.30. The molecule has 2 heteroatoms. The molecule has 0 radical (unpaired) electrons. The summed E-state index contributed by atoms with van der Waals surface area (Å²) in [5.74, 6) is 0. The van der Waals surface area contributed by atoms with Crippen LogP contribution in [0.3, 0.4) is 0 Å². The Labute approximate surface area is 87.5 Å². The van der Waals surface area contributed by atoms with Gasteiger partial charge in [-0.05, 0) is 45.4 Å². The third-order valence-electron chi connectivity index (χ3n) is 2.74. The highest BCUT2D eigenvalue weighted by molar-refractivity contribution is 4.91. The molecule has 1 heterocycles. The van der Waals surface area contributed by atoms with Crippen LogP contribution in [-0.2, 0) is 4.74 Å². The summed E-state index contributed by atoms with van der Waals surface area (Å²) in [5, 5.41) is 0. The molecule has 1 saturated heterocycles. The van der Waals surface area contributed by atoms with Crippen LogP contribution in [0.1, 0.15) is 45.4 Å². The van der Waals surface area contributed by atoms with Gasteiger partial charge >= 0.3 is 0 Å². The molecule has 2 unspecified atom stereocenters. The maximum Gasteiger partial charge on any atom is 0.0575 e. The highest BCUT2D eigenvalue weighted by atomic mass is 16.5. The van der Waals surface area contributed by atoms with Crippen molar-refractivity contribution < 1.29 is 4.74 Å². The van der Waals surface area contributed by atoms with E-state index in [4.69, 9.17) is 10.5 Å². The number of nitrogens with two attached hydrogens (primary N) is 1. The highest BCUT2D eigenvalue weighted by Crippen LogP contribution is 2.18. The Morgan fingerprint density at radius 1 is 1.57 bits per heavy atom. The highest BCUT2D eigenvalue weighted by Gasteiger charge is 2.14. The third-order valence-corrected chi connectivity index (χ3v) is 2.74. The predicted molar refractivity (Wildman–Crippen MR) is 60.2 cm³/mol. The number of ether oxygens (including phenoxy) is 1. The molecule has 0 aromatic heterocycles. The molecule has 82 valence electrons. The minimum atomic E-state index is 0.276. The maximum absolute atomic E-state index is 5.98. The average molecular weight is 197 g/mol. The summed E-state index contributed by atoms with van der Waals surface area (Å²) in [7, 11) is 0. The number of hydrogen-bond donors (Lipinski definition) is 1. The van der Waals surface area contributed by atoms with Crippen LogP contribution < -0.4 is 5.73 Å². The molecule has 0 amide bonds. The molecular weight excluding hydrogens is 174 g/mol. The van der Waals surface area contributed by atoms with Crippen molar-refractivity contribution in [2.24, 2.45) is 5.73 Å². The van der Waals surface area contributed by atoms with Crippen LogP contribution >= 0.6 is 0 Å². The fraction of sp³-hybridized carbons (Fsp3) is 0.833. The van der Waals surface area contributed by atoms with Gasteiger partial charge < -0.3 is 10.5 Å².